The lowest BCUT2D eigenvalue weighted by Gasteiger charge is -2.35. The van der Waals surface area contributed by atoms with E-state index >= 15 is 0 Å². The minimum Gasteiger partial charge on any atom is -0.316 e. The van der Waals surface area contributed by atoms with Crippen molar-refractivity contribution in [3.63, 3.8) is 0 Å². The van der Waals surface area contributed by atoms with E-state index in [1.807, 2.05) is 0 Å². The molecule has 0 spiro atoms. The van der Waals surface area contributed by atoms with Gasteiger partial charge in [-0.05, 0) is 76.0 Å². The number of likely N-dealkylation sites (tertiary alicyclic amines) is 1. The molecule has 2 rings (SSSR count). The van der Waals surface area contributed by atoms with Crippen LogP contribution in [0.2, 0.25) is 0 Å². The van der Waals surface area contributed by atoms with Crippen LogP contribution < -0.4 is 5.32 Å². The van der Waals surface area contributed by atoms with Crippen molar-refractivity contribution in [3.8, 4) is 0 Å². The van der Waals surface area contributed by atoms with E-state index in [-0.39, 0.29) is 0 Å². The van der Waals surface area contributed by atoms with Gasteiger partial charge >= 0.3 is 0 Å². The van der Waals surface area contributed by atoms with Crippen LogP contribution >= 0.6 is 0 Å². The molecule has 2 saturated heterocycles. The van der Waals surface area contributed by atoms with E-state index < -0.39 is 0 Å². The summed E-state index contributed by atoms with van der Waals surface area (Å²) in [6.07, 6.45) is 7.11. The molecule has 0 amide bonds. The molecule has 0 aromatic carbocycles. The summed E-state index contributed by atoms with van der Waals surface area (Å²) in [4.78, 5) is 2.70. The molecule has 2 heterocycles. The van der Waals surface area contributed by atoms with Crippen LogP contribution in [-0.2, 0) is 0 Å². The first-order valence-electron chi connectivity index (χ1n) is 7.69. The predicted molar refractivity (Wildman–Crippen MR) is 74.2 cm³/mol. The topological polar surface area (TPSA) is 15.3 Å². The summed E-state index contributed by atoms with van der Waals surface area (Å²) in [5, 5.41) is 3.52. The molecule has 0 aliphatic carbocycles. The molecule has 0 aromatic rings. The summed E-state index contributed by atoms with van der Waals surface area (Å²) in [6, 6.07) is 0. The van der Waals surface area contributed by atoms with Gasteiger partial charge in [0.1, 0.15) is 0 Å². The zero-order chi connectivity index (χ0) is 12.1. The van der Waals surface area contributed by atoms with Crippen LogP contribution in [0.5, 0.6) is 0 Å². The van der Waals surface area contributed by atoms with Crippen LogP contribution in [0.4, 0.5) is 0 Å². The van der Waals surface area contributed by atoms with Gasteiger partial charge in [0, 0.05) is 6.54 Å². The Morgan fingerprint density at radius 1 is 1.18 bits per heavy atom. The van der Waals surface area contributed by atoms with Crippen molar-refractivity contribution in [2.24, 2.45) is 17.8 Å². The van der Waals surface area contributed by atoms with Crippen molar-refractivity contribution in [1.29, 1.82) is 0 Å². The van der Waals surface area contributed by atoms with E-state index in [1.165, 1.54) is 64.8 Å². The predicted octanol–water partition coefficient (Wildman–Crippen LogP) is 2.74. The van der Waals surface area contributed by atoms with Gasteiger partial charge < -0.3 is 10.2 Å². The Morgan fingerprint density at radius 2 is 2.06 bits per heavy atom. The Bertz CT molecular complexity index is 211. The smallest absolute Gasteiger partial charge is 0.000957 e. The maximum Gasteiger partial charge on any atom is 0.000957 e. The SMILES string of the molecule is CC1CCN(CCCC2CCCNC2)CC1C. The van der Waals surface area contributed by atoms with Crippen molar-refractivity contribution in [2.45, 2.75) is 46.0 Å². The first-order valence-corrected chi connectivity index (χ1v) is 7.69. The number of hydrogen-bond acceptors (Lipinski definition) is 2. The molecule has 3 unspecified atom stereocenters. The molecule has 0 saturated carbocycles. The maximum absolute atomic E-state index is 3.52. The van der Waals surface area contributed by atoms with Gasteiger partial charge in [-0.2, -0.15) is 0 Å². The highest BCUT2D eigenvalue weighted by Gasteiger charge is 2.22. The summed E-state index contributed by atoms with van der Waals surface area (Å²) in [5.74, 6) is 2.80. The highest BCUT2D eigenvalue weighted by molar-refractivity contribution is 4.76. The minimum atomic E-state index is 0.903. The second-order valence-electron chi connectivity index (χ2n) is 6.40. The van der Waals surface area contributed by atoms with Gasteiger partial charge in [0.05, 0.1) is 0 Å². The normalized spacial score (nSPS) is 36.0. The Balaban J connectivity index is 1.58. The van der Waals surface area contributed by atoms with Gasteiger partial charge in [-0.25, -0.2) is 0 Å². The highest BCUT2D eigenvalue weighted by atomic mass is 15.1. The summed E-state index contributed by atoms with van der Waals surface area (Å²) < 4.78 is 0. The molecule has 1 N–H and O–H groups in total. The molecular weight excluding hydrogens is 208 g/mol. The number of nitrogens with zero attached hydrogens (tertiary/aromatic N) is 1. The van der Waals surface area contributed by atoms with Crippen LogP contribution in [0.3, 0.4) is 0 Å². The number of nitrogens with one attached hydrogen (secondary N) is 1. The first kappa shape index (κ1) is 13.4. The van der Waals surface area contributed by atoms with E-state index in [0.29, 0.717) is 0 Å². The fraction of sp³-hybridized carbons (Fsp3) is 1.00. The second-order valence-corrected chi connectivity index (χ2v) is 6.40. The minimum absolute atomic E-state index is 0.903. The molecule has 2 heteroatoms. The average Bonchev–Trinajstić information content (AvgIpc) is 2.35. The van der Waals surface area contributed by atoms with Crippen LogP contribution in [0.15, 0.2) is 0 Å². The third-order valence-corrected chi connectivity index (χ3v) is 4.90. The van der Waals surface area contributed by atoms with Crippen LogP contribution in [0.25, 0.3) is 0 Å². The zero-order valence-electron chi connectivity index (χ0n) is 11.8. The van der Waals surface area contributed by atoms with E-state index in [4.69, 9.17) is 0 Å². The largest absolute Gasteiger partial charge is 0.316 e. The standard InChI is InChI=1S/C15H30N2/c1-13-7-10-17(12-14(13)2)9-4-6-15-5-3-8-16-11-15/h13-16H,3-12H2,1-2H3. The summed E-state index contributed by atoms with van der Waals surface area (Å²) >= 11 is 0. The molecule has 2 nitrogen and oxygen atoms in total. The van der Waals surface area contributed by atoms with Gasteiger partial charge in [-0.1, -0.05) is 13.8 Å². The van der Waals surface area contributed by atoms with Crippen molar-refractivity contribution >= 4 is 0 Å². The second kappa shape index (κ2) is 6.75. The van der Waals surface area contributed by atoms with Gasteiger partial charge in [-0.3, -0.25) is 0 Å². The average molecular weight is 238 g/mol. The van der Waals surface area contributed by atoms with Gasteiger partial charge in [0.15, 0.2) is 0 Å². The molecule has 100 valence electrons. The monoisotopic (exact) mass is 238 g/mol. The first-order chi connectivity index (χ1) is 8.25. The van der Waals surface area contributed by atoms with Gasteiger partial charge in [0.2, 0.25) is 0 Å². The lowest BCUT2D eigenvalue weighted by atomic mass is 9.88. The summed E-state index contributed by atoms with van der Waals surface area (Å²) in [6.45, 7) is 11.4. The lowest BCUT2D eigenvalue weighted by Crippen LogP contribution is -2.39. The van der Waals surface area contributed by atoms with Crippen molar-refractivity contribution < 1.29 is 0 Å². The fourth-order valence-corrected chi connectivity index (χ4v) is 3.33. The Labute approximate surface area is 107 Å². The lowest BCUT2D eigenvalue weighted by molar-refractivity contribution is 0.134. The molecule has 17 heavy (non-hydrogen) atoms. The molecule has 0 bridgehead atoms. The molecule has 0 radical (unpaired) electrons. The van der Waals surface area contributed by atoms with E-state index in [9.17, 15) is 0 Å². The van der Waals surface area contributed by atoms with E-state index in [0.717, 1.165) is 17.8 Å². The van der Waals surface area contributed by atoms with Crippen molar-refractivity contribution in [1.82, 2.24) is 10.2 Å². The van der Waals surface area contributed by atoms with Crippen molar-refractivity contribution in [2.75, 3.05) is 32.7 Å². The van der Waals surface area contributed by atoms with Gasteiger partial charge in [0.25, 0.3) is 0 Å². The third kappa shape index (κ3) is 4.26. The van der Waals surface area contributed by atoms with Crippen LogP contribution in [-0.4, -0.2) is 37.6 Å². The van der Waals surface area contributed by atoms with Crippen LogP contribution in [0, 0.1) is 17.8 Å². The molecule has 2 fully saturated rings. The molecule has 2 aliphatic heterocycles. The van der Waals surface area contributed by atoms with Gasteiger partial charge in [-0.15, -0.1) is 0 Å². The number of hydrogen-bond donors (Lipinski definition) is 1. The molecular formula is C15H30N2. The number of piperidine rings is 2. The molecule has 0 aromatic heterocycles. The Hall–Kier alpha value is -0.0800. The maximum atomic E-state index is 3.52. The Morgan fingerprint density at radius 3 is 2.76 bits per heavy atom. The third-order valence-electron chi connectivity index (χ3n) is 4.90. The van der Waals surface area contributed by atoms with Crippen molar-refractivity contribution in [3.05, 3.63) is 0 Å². The highest BCUT2D eigenvalue weighted by Crippen LogP contribution is 2.23. The van der Waals surface area contributed by atoms with E-state index in [1.54, 1.807) is 0 Å². The summed E-state index contributed by atoms with van der Waals surface area (Å²) in [7, 11) is 0. The van der Waals surface area contributed by atoms with Crippen LogP contribution in [0.1, 0.15) is 46.0 Å². The summed E-state index contributed by atoms with van der Waals surface area (Å²) in [5.41, 5.74) is 0. The number of rotatable bonds is 4. The molecule has 3 atom stereocenters. The molecule has 2 aliphatic rings. The quantitative estimate of drug-likeness (QED) is 0.810. The fourth-order valence-electron chi connectivity index (χ4n) is 3.33. The Kier molecular flexibility index (Phi) is 5.30. The van der Waals surface area contributed by atoms with E-state index in [2.05, 4.69) is 24.1 Å². The zero-order valence-corrected chi connectivity index (χ0v) is 11.8.